The Bertz CT molecular complexity index is 539. The van der Waals surface area contributed by atoms with E-state index in [1.807, 2.05) is 36.4 Å². The minimum absolute atomic E-state index is 0.370. The van der Waals surface area contributed by atoms with Crippen LogP contribution in [0.15, 0.2) is 36.4 Å². The molecular weight excluding hydrogens is 274 g/mol. The SMILES string of the molecule is NC(=S)c1cccc(OCc2ccc(Cl)s2)c1. The van der Waals surface area contributed by atoms with E-state index in [0.717, 1.165) is 20.5 Å². The van der Waals surface area contributed by atoms with Gasteiger partial charge in [-0.3, -0.25) is 0 Å². The van der Waals surface area contributed by atoms with Crippen molar-refractivity contribution >= 4 is 40.1 Å². The average Bonchev–Trinajstić information content (AvgIpc) is 2.73. The molecule has 0 saturated carbocycles. The Morgan fingerprint density at radius 2 is 2.18 bits per heavy atom. The molecule has 2 rings (SSSR count). The van der Waals surface area contributed by atoms with Gasteiger partial charge in [-0.2, -0.15) is 0 Å². The van der Waals surface area contributed by atoms with Crippen molar-refractivity contribution in [2.24, 2.45) is 5.73 Å². The van der Waals surface area contributed by atoms with Crippen LogP contribution in [0.5, 0.6) is 5.75 Å². The van der Waals surface area contributed by atoms with Crippen molar-refractivity contribution in [3.63, 3.8) is 0 Å². The van der Waals surface area contributed by atoms with Gasteiger partial charge in [-0.15, -0.1) is 11.3 Å². The predicted molar refractivity (Wildman–Crippen MR) is 76.0 cm³/mol. The first kappa shape index (κ1) is 12.4. The van der Waals surface area contributed by atoms with Gasteiger partial charge >= 0.3 is 0 Å². The quantitative estimate of drug-likeness (QED) is 0.871. The molecule has 0 atom stereocenters. The zero-order valence-corrected chi connectivity index (χ0v) is 11.2. The van der Waals surface area contributed by atoms with Crippen molar-refractivity contribution in [1.82, 2.24) is 0 Å². The highest BCUT2D eigenvalue weighted by atomic mass is 35.5. The molecule has 1 aromatic heterocycles. The summed E-state index contributed by atoms with van der Waals surface area (Å²) in [6.45, 7) is 0.498. The summed E-state index contributed by atoms with van der Waals surface area (Å²) >= 11 is 12.3. The van der Waals surface area contributed by atoms with Crippen LogP contribution >= 0.6 is 35.2 Å². The summed E-state index contributed by atoms with van der Waals surface area (Å²) in [5.74, 6) is 0.750. The second-order valence-electron chi connectivity index (χ2n) is 3.39. The maximum Gasteiger partial charge on any atom is 0.122 e. The van der Waals surface area contributed by atoms with E-state index in [4.69, 9.17) is 34.3 Å². The monoisotopic (exact) mass is 283 g/mol. The number of rotatable bonds is 4. The van der Waals surface area contributed by atoms with Crippen LogP contribution in [-0.2, 0) is 6.61 Å². The van der Waals surface area contributed by atoms with E-state index in [1.54, 1.807) is 0 Å². The number of thiophene rings is 1. The van der Waals surface area contributed by atoms with Crippen LogP contribution in [0.25, 0.3) is 0 Å². The summed E-state index contributed by atoms with van der Waals surface area (Å²) in [4.78, 5) is 1.45. The molecule has 2 aromatic rings. The topological polar surface area (TPSA) is 35.2 Å². The lowest BCUT2D eigenvalue weighted by Crippen LogP contribution is -2.09. The van der Waals surface area contributed by atoms with E-state index < -0.39 is 0 Å². The highest BCUT2D eigenvalue weighted by Gasteiger charge is 2.01. The minimum Gasteiger partial charge on any atom is -0.488 e. The fourth-order valence-electron chi connectivity index (χ4n) is 1.32. The third kappa shape index (κ3) is 3.43. The number of benzene rings is 1. The van der Waals surface area contributed by atoms with Gasteiger partial charge in [0, 0.05) is 10.4 Å². The first-order chi connectivity index (χ1) is 8.15. The number of thiocarbonyl (C=S) groups is 1. The molecule has 5 heteroatoms. The Kier molecular flexibility index (Phi) is 3.99. The lowest BCUT2D eigenvalue weighted by Gasteiger charge is -2.06. The maximum absolute atomic E-state index is 5.84. The van der Waals surface area contributed by atoms with Gasteiger partial charge in [-0.1, -0.05) is 36.0 Å². The number of hydrogen-bond acceptors (Lipinski definition) is 3. The first-order valence-electron chi connectivity index (χ1n) is 4.92. The number of halogens is 1. The fraction of sp³-hybridized carbons (Fsp3) is 0.0833. The molecule has 1 aromatic carbocycles. The van der Waals surface area contributed by atoms with Crippen LogP contribution in [-0.4, -0.2) is 4.99 Å². The Morgan fingerprint density at radius 3 is 2.82 bits per heavy atom. The van der Waals surface area contributed by atoms with Gasteiger partial charge in [0.15, 0.2) is 0 Å². The zero-order valence-electron chi connectivity index (χ0n) is 8.85. The van der Waals surface area contributed by atoms with Crippen LogP contribution in [0.1, 0.15) is 10.4 Å². The average molecular weight is 284 g/mol. The molecule has 88 valence electrons. The molecule has 0 radical (unpaired) electrons. The standard InChI is InChI=1S/C12H10ClNOS2/c13-11-5-4-10(17-11)7-15-9-3-1-2-8(6-9)12(14)16/h1-6H,7H2,(H2,14,16). The summed E-state index contributed by atoms with van der Waals surface area (Å²) in [7, 11) is 0. The van der Waals surface area contributed by atoms with Crippen molar-refractivity contribution in [3.8, 4) is 5.75 Å². The molecule has 0 saturated heterocycles. The van der Waals surface area contributed by atoms with Gasteiger partial charge < -0.3 is 10.5 Å². The Labute approximate surface area is 114 Å². The molecule has 0 aliphatic rings. The zero-order chi connectivity index (χ0) is 12.3. The third-order valence-corrected chi connectivity index (χ3v) is 3.57. The summed E-state index contributed by atoms with van der Waals surface area (Å²) in [5.41, 5.74) is 6.36. The second kappa shape index (κ2) is 5.49. The van der Waals surface area contributed by atoms with Gasteiger partial charge in [-0.25, -0.2) is 0 Å². The highest BCUT2D eigenvalue weighted by Crippen LogP contribution is 2.23. The Morgan fingerprint density at radius 1 is 1.35 bits per heavy atom. The molecule has 1 heterocycles. The van der Waals surface area contributed by atoms with E-state index in [0.29, 0.717) is 11.6 Å². The van der Waals surface area contributed by atoms with Crippen molar-refractivity contribution in [2.75, 3.05) is 0 Å². The molecule has 0 aliphatic heterocycles. The maximum atomic E-state index is 5.84. The van der Waals surface area contributed by atoms with Crippen LogP contribution in [0.3, 0.4) is 0 Å². The smallest absolute Gasteiger partial charge is 0.122 e. The number of ether oxygens (including phenoxy) is 1. The van der Waals surface area contributed by atoms with Crippen LogP contribution in [0.4, 0.5) is 0 Å². The first-order valence-corrected chi connectivity index (χ1v) is 6.52. The van der Waals surface area contributed by atoms with Crippen molar-refractivity contribution in [3.05, 3.63) is 51.2 Å². The number of nitrogens with two attached hydrogens (primary N) is 1. The lowest BCUT2D eigenvalue weighted by molar-refractivity contribution is 0.310. The summed E-state index contributed by atoms with van der Waals surface area (Å²) in [6, 6.07) is 11.2. The minimum atomic E-state index is 0.370. The van der Waals surface area contributed by atoms with Gasteiger partial charge in [0.1, 0.15) is 17.3 Å². The molecule has 2 nitrogen and oxygen atoms in total. The molecule has 0 bridgehead atoms. The molecule has 2 N–H and O–H groups in total. The molecule has 0 unspecified atom stereocenters. The van der Waals surface area contributed by atoms with Crippen LogP contribution < -0.4 is 10.5 Å². The summed E-state index contributed by atoms with van der Waals surface area (Å²) in [5, 5.41) is 0. The fourth-order valence-corrected chi connectivity index (χ4v) is 2.45. The van der Waals surface area contributed by atoms with Crippen molar-refractivity contribution in [1.29, 1.82) is 0 Å². The molecular formula is C12H10ClNOS2. The molecule has 17 heavy (non-hydrogen) atoms. The summed E-state index contributed by atoms with van der Waals surface area (Å²) < 4.78 is 6.40. The summed E-state index contributed by atoms with van der Waals surface area (Å²) in [6.07, 6.45) is 0. The van der Waals surface area contributed by atoms with Gasteiger partial charge in [0.05, 0.1) is 4.34 Å². The van der Waals surface area contributed by atoms with Crippen LogP contribution in [0.2, 0.25) is 4.34 Å². The van der Waals surface area contributed by atoms with E-state index >= 15 is 0 Å². The number of hydrogen-bond donors (Lipinski definition) is 1. The van der Waals surface area contributed by atoms with Gasteiger partial charge in [0.25, 0.3) is 0 Å². The van der Waals surface area contributed by atoms with Gasteiger partial charge in [0.2, 0.25) is 0 Å². The Hall–Kier alpha value is -1.10. The normalized spacial score (nSPS) is 10.2. The third-order valence-electron chi connectivity index (χ3n) is 2.13. The van der Waals surface area contributed by atoms with Gasteiger partial charge in [-0.05, 0) is 24.3 Å². The second-order valence-corrected chi connectivity index (χ2v) is 5.63. The molecule has 0 aliphatic carbocycles. The lowest BCUT2D eigenvalue weighted by atomic mass is 10.2. The molecule has 0 fully saturated rings. The van der Waals surface area contributed by atoms with E-state index in [1.165, 1.54) is 11.3 Å². The van der Waals surface area contributed by atoms with E-state index in [-0.39, 0.29) is 0 Å². The van der Waals surface area contributed by atoms with Crippen molar-refractivity contribution in [2.45, 2.75) is 6.61 Å². The predicted octanol–water partition coefficient (Wildman–Crippen LogP) is 3.61. The van der Waals surface area contributed by atoms with E-state index in [9.17, 15) is 0 Å². The Balaban J connectivity index is 2.04. The highest BCUT2D eigenvalue weighted by molar-refractivity contribution is 7.80. The van der Waals surface area contributed by atoms with Crippen molar-refractivity contribution < 1.29 is 4.74 Å². The molecule has 0 amide bonds. The molecule has 0 spiro atoms. The van der Waals surface area contributed by atoms with E-state index in [2.05, 4.69) is 0 Å². The van der Waals surface area contributed by atoms with Crippen LogP contribution in [0, 0.1) is 0 Å². The largest absolute Gasteiger partial charge is 0.488 e.